The molecule has 3 heterocycles. The van der Waals surface area contributed by atoms with Gasteiger partial charge in [0.05, 0.1) is 22.3 Å². The molecule has 30 heavy (non-hydrogen) atoms. The molecule has 1 aliphatic carbocycles. The lowest BCUT2D eigenvalue weighted by Crippen LogP contribution is -2.03. The van der Waals surface area contributed by atoms with Gasteiger partial charge in [0, 0.05) is 17.0 Å². The zero-order valence-corrected chi connectivity index (χ0v) is 17.3. The van der Waals surface area contributed by atoms with Crippen LogP contribution in [0.15, 0.2) is 48.4 Å². The Morgan fingerprint density at radius 2 is 2.07 bits per heavy atom. The summed E-state index contributed by atoms with van der Waals surface area (Å²) in [6, 6.07) is 7.39. The lowest BCUT2D eigenvalue weighted by molar-refractivity contribution is 0.603. The first-order valence-electron chi connectivity index (χ1n) is 10.0. The number of nitrogens with zero attached hydrogens (tertiary/aromatic N) is 4. The van der Waals surface area contributed by atoms with Gasteiger partial charge in [-0.3, -0.25) is 0 Å². The Morgan fingerprint density at radius 1 is 1.20 bits per heavy atom. The van der Waals surface area contributed by atoms with Gasteiger partial charge in [0.1, 0.15) is 23.6 Å². The van der Waals surface area contributed by atoms with Gasteiger partial charge in [-0.15, -0.1) is 0 Å². The fraction of sp³-hybridized carbons (Fsp3) is 0.261. The lowest BCUT2D eigenvalue weighted by Gasteiger charge is -2.10. The van der Waals surface area contributed by atoms with Crippen LogP contribution in [0.3, 0.4) is 0 Å². The molecule has 4 aromatic rings. The average Bonchev–Trinajstić information content (AvgIpc) is 3.35. The molecule has 1 aliphatic rings. The molecule has 0 fully saturated rings. The predicted octanol–water partition coefficient (Wildman–Crippen LogP) is 5.56. The highest BCUT2D eigenvalue weighted by molar-refractivity contribution is 6.33. The minimum Gasteiger partial charge on any atom is -0.382 e. The molecule has 7 heteroatoms. The Morgan fingerprint density at radius 3 is 2.93 bits per heavy atom. The van der Waals surface area contributed by atoms with Crippen LogP contribution in [0.1, 0.15) is 36.6 Å². The molecule has 3 aromatic heterocycles. The van der Waals surface area contributed by atoms with Crippen molar-refractivity contribution in [3.05, 3.63) is 70.5 Å². The van der Waals surface area contributed by atoms with Gasteiger partial charge in [-0.2, -0.15) is 0 Å². The summed E-state index contributed by atoms with van der Waals surface area (Å²) in [6.07, 6.45) is 9.76. The number of fused-ring (bicyclic) bond motifs is 2. The van der Waals surface area contributed by atoms with Crippen LogP contribution in [0.25, 0.3) is 21.9 Å². The van der Waals surface area contributed by atoms with E-state index in [9.17, 15) is 4.39 Å². The third kappa shape index (κ3) is 3.31. The van der Waals surface area contributed by atoms with E-state index in [0.29, 0.717) is 16.9 Å². The average molecular weight is 422 g/mol. The van der Waals surface area contributed by atoms with E-state index in [1.165, 1.54) is 11.6 Å². The van der Waals surface area contributed by atoms with Crippen LogP contribution in [0.4, 0.5) is 10.2 Å². The number of anilines is 1. The second-order valence-electron chi connectivity index (χ2n) is 7.85. The number of pyridine rings is 1. The van der Waals surface area contributed by atoms with Crippen LogP contribution < -0.4 is 5.73 Å². The van der Waals surface area contributed by atoms with Crippen molar-refractivity contribution in [3.63, 3.8) is 0 Å². The second-order valence-corrected chi connectivity index (χ2v) is 8.26. The van der Waals surface area contributed by atoms with Gasteiger partial charge in [0.2, 0.25) is 0 Å². The van der Waals surface area contributed by atoms with E-state index in [-0.39, 0.29) is 16.7 Å². The quantitative estimate of drug-likeness (QED) is 0.438. The highest BCUT2D eigenvalue weighted by atomic mass is 35.5. The Hall–Kier alpha value is -2.99. The summed E-state index contributed by atoms with van der Waals surface area (Å²) >= 11 is 5.98. The zero-order valence-electron chi connectivity index (χ0n) is 16.6. The molecule has 0 amide bonds. The van der Waals surface area contributed by atoms with E-state index in [4.69, 9.17) is 17.3 Å². The molecule has 0 bridgehead atoms. The number of nitrogen functional groups attached to an aromatic ring is 1. The van der Waals surface area contributed by atoms with Crippen LogP contribution in [-0.4, -0.2) is 19.5 Å². The maximum absolute atomic E-state index is 14.5. The molecule has 1 unspecified atom stereocenters. The predicted molar refractivity (Wildman–Crippen MR) is 118 cm³/mol. The third-order valence-electron chi connectivity index (χ3n) is 5.91. The van der Waals surface area contributed by atoms with Crippen LogP contribution in [0.5, 0.6) is 0 Å². The van der Waals surface area contributed by atoms with E-state index in [2.05, 4.69) is 37.9 Å². The van der Waals surface area contributed by atoms with Crippen molar-refractivity contribution < 1.29 is 4.39 Å². The minimum atomic E-state index is -0.316. The first-order valence-corrected chi connectivity index (χ1v) is 10.4. The maximum Gasteiger partial charge on any atom is 0.144 e. The Labute approximate surface area is 178 Å². The van der Waals surface area contributed by atoms with E-state index < -0.39 is 0 Å². The molecule has 0 aliphatic heterocycles. The Kier molecular flexibility index (Phi) is 4.66. The highest BCUT2D eigenvalue weighted by Crippen LogP contribution is 2.34. The topological polar surface area (TPSA) is 69.6 Å². The Balaban J connectivity index is 1.35. The number of aromatic nitrogens is 4. The molecule has 1 aromatic carbocycles. The standard InChI is InChI=1S/C23H21ClFN5/c1-13-17-6-7-30(23(17)28-12-27-13)16-5-4-14(8-16)2-3-15-9-20(25)18-11-19(24)22(26)29-21(18)10-15/h6-12,16H,2-5H2,1H3,(H2,26,29). The molecule has 5 rings (SSSR count). The maximum atomic E-state index is 14.5. The number of hydrogen-bond donors (Lipinski definition) is 1. The number of aryl methyl sites for hydroxylation is 2. The fourth-order valence-electron chi connectivity index (χ4n) is 4.29. The van der Waals surface area contributed by atoms with E-state index in [1.54, 1.807) is 12.4 Å². The smallest absolute Gasteiger partial charge is 0.144 e. The van der Waals surface area contributed by atoms with E-state index >= 15 is 0 Å². The molecule has 0 radical (unpaired) electrons. The molecule has 0 saturated heterocycles. The number of halogens is 2. The van der Waals surface area contributed by atoms with Gasteiger partial charge < -0.3 is 10.3 Å². The van der Waals surface area contributed by atoms with Crippen molar-refractivity contribution >= 4 is 39.4 Å². The van der Waals surface area contributed by atoms with Gasteiger partial charge in [-0.25, -0.2) is 19.3 Å². The molecule has 1 atom stereocenters. The van der Waals surface area contributed by atoms with E-state index in [0.717, 1.165) is 48.0 Å². The molecule has 0 saturated carbocycles. The SMILES string of the molecule is Cc1ncnc2c1ccn2C1C=C(CCc2cc(F)c3cc(Cl)c(N)nc3c2)CC1. The summed E-state index contributed by atoms with van der Waals surface area (Å²) < 4.78 is 16.7. The zero-order chi connectivity index (χ0) is 20.8. The lowest BCUT2D eigenvalue weighted by atomic mass is 10.0. The monoisotopic (exact) mass is 421 g/mol. The van der Waals surface area contributed by atoms with Crippen molar-refractivity contribution in [3.8, 4) is 0 Å². The van der Waals surface area contributed by atoms with Crippen LogP contribution in [0.2, 0.25) is 5.02 Å². The summed E-state index contributed by atoms with van der Waals surface area (Å²) in [5, 5.41) is 1.77. The second kappa shape index (κ2) is 7.36. The summed E-state index contributed by atoms with van der Waals surface area (Å²) in [5.41, 5.74) is 10.6. The van der Waals surface area contributed by atoms with Crippen LogP contribution in [-0.2, 0) is 6.42 Å². The number of nitrogens with two attached hydrogens (primary N) is 1. The van der Waals surface area contributed by atoms with Crippen LogP contribution in [0, 0.1) is 12.7 Å². The molecule has 2 N–H and O–H groups in total. The van der Waals surface area contributed by atoms with Crippen molar-refractivity contribution in [2.24, 2.45) is 0 Å². The third-order valence-corrected chi connectivity index (χ3v) is 6.22. The van der Waals surface area contributed by atoms with Crippen molar-refractivity contribution in [2.45, 2.75) is 38.6 Å². The Bertz CT molecular complexity index is 1310. The number of rotatable bonds is 4. The van der Waals surface area contributed by atoms with Gasteiger partial charge in [-0.05, 0) is 62.4 Å². The fourth-order valence-corrected chi connectivity index (χ4v) is 4.44. The first kappa shape index (κ1) is 19.0. The van der Waals surface area contributed by atoms with Crippen molar-refractivity contribution in [2.75, 3.05) is 5.73 Å². The summed E-state index contributed by atoms with van der Waals surface area (Å²) in [6.45, 7) is 2.00. The van der Waals surface area contributed by atoms with Crippen molar-refractivity contribution in [1.29, 1.82) is 0 Å². The van der Waals surface area contributed by atoms with Crippen LogP contribution >= 0.6 is 11.6 Å². The van der Waals surface area contributed by atoms with E-state index in [1.807, 2.05) is 13.0 Å². The summed E-state index contributed by atoms with van der Waals surface area (Å²) in [4.78, 5) is 13.0. The largest absolute Gasteiger partial charge is 0.382 e. The van der Waals surface area contributed by atoms with Crippen molar-refractivity contribution in [1.82, 2.24) is 19.5 Å². The molecule has 5 nitrogen and oxygen atoms in total. The van der Waals surface area contributed by atoms with Gasteiger partial charge >= 0.3 is 0 Å². The number of allylic oxidation sites excluding steroid dienone is 2. The highest BCUT2D eigenvalue weighted by Gasteiger charge is 2.20. The van der Waals surface area contributed by atoms with Gasteiger partial charge in [0.25, 0.3) is 0 Å². The minimum absolute atomic E-state index is 0.222. The molecular weight excluding hydrogens is 401 g/mol. The van der Waals surface area contributed by atoms with Gasteiger partial charge in [-0.1, -0.05) is 23.3 Å². The summed E-state index contributed by atoms with van der Waals surface area (Å²) in [5.74, 6) is -0.0934. The normalized spacial score (nSPS) is 16.5. The number of benzene rings is 1. The number of hydrogen-bond acceptors (Lipinski definition) is 4. The van der Waals surface area contributed by atoms with Gasteiger partial charge in [0.15, 0.2) is 0 Å². The summed E-state index contributed by atoms with van der Waals surface area (Å²) in [7, 11) is 0. The first-order chi connectivity index (χ1) is 14.5. The molecular formula is C23H21ClFN5. The molecule has 152 valence electrons. The molecule has 0 spiro atoms.